The Hall–Kier alpha value is -2.37. The molecular formula is C13H14N4O3S. The van der Waals surface area contributed by atoms with E-state index in [1.165, 1.54) is 6.07 Å². The first-order chi connectivity index (χ1) is 9.92. The van der Waals surface area contributed by atoms with Crippen molar-refractivity contribution in [2.45, 2.75) is 18.7 Å². The third kappa shape index (κ3) is 3.59. The van der Waals surface area contributed by atoms with Gasteiger partial charge in [0.2, 0.25) is 5.89 Å². The second-order valence-corrected chi connectivity index (χ2v) is 5.89. The number of sulfonamides is 1. The molecule has 0 amide bonds. The van der Waals surface area contributed by atoms with Crippen molar-refractivity contribution in [3.63, 3.8) is 0 Å². The predicted octanol–water partition coefficient (Wildman–Crippen LogP) is 0.797. The SMILES string of the molecule is Cc1ccc(S(=O)(=O)Nc2nnc(C)o2)c(C#CCN)c1. The molecule has 110 valence electrons. The molecule has 0 aliphatic carbocycles. The fourth-order valence-electron chi connectivity index (χ4n) is 1.63. The highest BCUT2D eigenvalue weighted by Gasteiger charge is 2.20. The van der Waals surface area contributed by atoms with Gasteiger partial charge in [0, 0.05) is 12.5 Å². The van der Waals surface area contributed by atoms with E-state index in [-0.39, 0.29) is 23.3 Å². The molecule has 1 aromatic heterocycles. The zero-order valence-corrected chi connectivity index (χ0v) is 12.4. The van der Waals surface area contributed by atoms with E-state index in [9.17, 15) is 8.42 Å². The van der Waals surface area contributed by atoms with Crippen LogP contribution in [0.3, 0.4) is 0 Å². The summed E-state index contributed by atoms with van der Waals surface area (Å²) in [7, 11) is -3.87. The van der Waals surface area contributed by atoms with Crippen molar-refractivity contribution in [3.05, 3.63) is 35.2 Å². The molecule has 7 nitrogen and oxygen atoms in total. The smallest absolute Gasteiger partial charge is 0.329 e. The Morgan fingerprint density at radius 3 is 2.71 bits per heavy atom. The van der Waals surface area contributed by atoms with Crippen LogP contribution in [0.5, 0.6) is 0 Å². The zero-order valence-electron chi connectivity index (χ0n) is 11.5. The summed E-state index contributed by atoms with van der Waals surface area (Å²) in [6.45, 7) is 3.55. The minimum atomic E-state index is -3.87. The first kappa shape index (κ1) is 15.0. The van der Waals surface area contributed by atoms with Gasteiger partial charge in [-0.05, 0) is 24.6 Å². The van der Waals surface area contributed by atoms with Crippen molar-refractivity contribution in [1.29, 1.82) is 0 Å². The van der Waals surface area contributed by atoms with Gasteiger partial charge in [0.25, 0.3) is 10.0 Å². The molecule has 0 saturated carbocycles. The molecule has 0 atom stereocenters. The molecule has 0 unspecified atom stereocenters. The van der Waals surface area contributed by atoms with Crippen LogP contribution in [0.15, 0.2) is 27.5 Å². The minimum absolute atomic E-state index is 0.0323. The molecule has 0 fully saturated rings. The third-order valence-corrected chi connectivity index (χ3v) is 3.88. The first-order valence-electron chi connectivity index (χ1n) is 6.05. The monoisotopic (exact) mass is 306 g/mol. The van der Waals surface area contributed by atoms with E-state index in [0.717, 1.165) is 5.56 Å². The molecule has 2 aromatic rings. The van der Waals surface area contributed by atoms with E-state index in [4.69, 9.17) is 10.2 Å². The van der Waals surface area contributed by atoms with Crippen molar-refractivity contribution >= 4 is 16.0 Å². The predicted molar refractivity (Wildman–Crippen MR) is 77.0 cm³/mol. The first-order valence-corrected chi connectivity index (χ1v) is 7.53. The van der Waals surface area contributed by atoms with Gasteiger partial charge >= 0.3 is 6.01 Å². The van der Waals surface area contributed by atoms with Crippen molar-refractivity contribution in [2.24, 2.45) is 5.73 Å². The summed E-state index contributed by atoms with van der Waals surface area (Å²) in [5, 5.41) is 7.17. The summed E-state index contributed by atoms with van der Waals surface area (Å²) >= 11 is 0. The van der Waals surface area contributed by atoms with Gasteiger partial charge in [-0.25, -0.2) is 13.1 Å². The van der Waals surface area contributed by atoms with E-state index in [0.29, 0.717) is 5.56 Å². The molecule has 0 aliphatic rings. The Labute approximate surface area is 122 Å². The highest BCUT2D eigenvalue weighted by Crippen LogP contribution is 2.19. The van der Waals surface area contributed by atoms with Gasteiger partial charge < -0.3 is 10.2 Å². The lowest BCUT2D eigenvalue weighted by Crippen LogP contribution is -2.15. The number of rotatable bonds is 3. The molecule has 0 radical (unpaired) electrons. The lowest BCUT2D eigenvalue weighted by Gasteiger charge is -2.07. The van der Waals surface area contributed by atoms with Crippen molar-refractivity contribution in [1.82, 2.24) is 10.2 Å². The van der Waals surface area contributed by atoms with Gasteiger partial charge in [-0.3, -0.25) is 0 Å². The minimum Gasteiger partial charge on any atom is -0.408 e. The maximum Gasteiger partial charge on any atom is 0.329 e. The van der Waals surface area contributed by atoms with Crippen LogP contribution in [0.1, 0.15) is 17.0 Å². The van der Waals surface area contributed by atoms with Gasteiger partial charge in [0.1, 0.15) is 4.90 Å². The summed E-state index contributed by atoms with van der Waals surface area (Å²) < 4.78 is 32.0. The van der Waals surface area contributed by atoms with Gasteiger partial charge in [-0.15, -0.1) is 5.10 Å². The Bertz CT molecular complexity index is 815. The number of nitrogens with zero attached hydrogens (tertiary/aromatic N) is 2. The highest BCUT2D eigenvalue weighted by atomic mass is 32.2. The Kier molecular flexibility index (Phi) is 4.26. The fraction of sp³-hybridized carbons (Fsp3) is 0.231. The van der Waals surface area contributed by atoms with E-state index in [1.807, 2.05) is 6.92 Å². The van der Waals surface area contributed by atoms with Crippen LogP contribution in [0.25, 0.3) is 0 Å². The molecule has 0 aliphatic heterocycles. The Morgan fingerprint density at radius 1 is 1.33 bits per heavy atom. The maximum atomic E-state index is 12.4. The van der Waals surface area contributed by atoms with E-state index in [1.54, 1.807) is 19.1 Å². The Balaban J connectivity index is 2.44. The highest BCUT2D eigenvalue weighted by molar-refractivity contribution is 7.92. The summed E-state index contributed by atoms with van der Waals surface area (Å²) in [4.78, 5) is 0.0323. The number of hydrogen-bond acceptors (Lipinski definition) is 6. The van der Waals surface area contributed by atoms with Gasteiger partial charge in [-0.1, -0.05) is 23.0 Å². The summed E-state index contributed by atoms with van der Waals surface area (Å²) in [6, 6.07) is 4.64. The van der Waals surface area contributed by atoms with E-state index < -0.39 is 10.0 Å². The number of nitrogens with one attached hydrogen (secondary N) is 1. The van der Waals surface area contributed by atoms with Crippen molar-refractivity contribution in [2.75, 3.05) is 11.3 Å². The van der Waals surface area contributed by atoms with Crippen LogP contribution in [0.2, 0.25) is 0 Å². The second kappa shape index (κ2) is 5.95. The van der Waals surface area contributed by atoms with Crippen LogP contribution < -0.4 is 10.5 Å². The number of aromatic nitrogens is 2. The summed E-state index contributed by atoms with van der Waals surface area (Å²) in [5.74, 6) is 5.66. The van der Waals surface area contributed by atoms with Crippen molar-refractivity contribution in [3.8, 4) is 11.8 Å². The van der Waals surface area contributed by atoms with E-state index in [2.05, 4.69) is 26.8 Å². The lowest BCUT2D eigenvalue weighted by atomic mass is 10.1. The normalized spacial score (nSPS) is 10.8. The molecule has 3 N–H and O–H groups in total. The number of anilines is 1. The largest absolute Gasteiger partial charge is 0.408 e. The molecular weight excluding hydrogens is 292 g/mol. The lowest BCUT2D eigenvalue weighted by molar-refractivity contribution is 0.534. The third-order valence-electron chi connectivity index (χ3n) is 2.50. The standard InChI is InChI=1S/C13H14N4O3S/c1-9-5-6-12(11(8-9)4-3-7-14)21(18,19)17-13-16-15-10(2)20-13/h5-6,8H,7,14H2,1-2H3,(H,16,17). The Morgan fingerprint density at radius 2 is 2.10 bits per heavy atom. The molecule has 0 bridgehead atoms. The summed E-state index contributed by atoms with van der Waals surface area (Å²) in [5.41, 5.74) is 6.59. The number of nitrogens with two attached hydrogens (primary N) is 1. The average Bonchev–Trinajstić information content (AvgIpc) is 2.80. The number of benzene rings is 1. The molecule has 21 heavy (non-hydrogen) atoms. The van der Waals surface area contributed by atoms with Gasteiger partial charge in [0.05, 0.1) is 6.54 Å². The molecule has 2 rings (SSSR count). The molecule has 1 aromatic carbocycles. The average molecular weight is 306 g/mol. The molecule has 0 saturated heterocycles. The second-order valence-electron chi connectivity index (χ2n) is 4.24. The van der Waals surface area contributed by atoms with Crippen LogP contribution >= 0.6 is 0 Å². The van der Waals surface area contributed by atoms with Crippen LogP contribution in [-0.4, -0.2) is 25.2 Å². The number of aryl methyl sites for hydroxylation is 2. The van der Waals surface area contributed by atoms with E-state index >= 15 is 0 Å². The zero-order chi connectivity index (χ0) is 15.5. The van der Waals surface area contributed by atoms with Crippen molar-refractivity contribution < 1.29 is 12.8 Å². The van der Waals surface area contributed by atoms with Crippen LogP contribution in [0.4, 0.5) is 6.01 Å². The molecule has 0 spiro atoms. The summed E-state index contributed by atoms with van der Waals surface area (Å²) in [6.07, 6.45) is 0. The molecule has 1 heterocycles. The quantitative estimate of drug-likeness (QED) is 0.811. The van der Waals surface area contributed by atoms with Gasteiger partial charge in [0.15, 0.2) is 0 Å². The molecule has 8 heteroatoms. The topological polar surface area (TPSA) is 111 Å². The van der Waals surface area contributed by atoms with Crippen LogP contribution in [0, 0.1) is 25.7 Å². The fourth-order valence-corrected chi connectivity index (χ4v) is 2.70. The van der Waals surface area contributed by atoms with Crippen LogP contribution in [-0.2, 0) is 10.0 Å². The maximum absolute atomic E-state index is 12.4. The van der Waals surface area contributed by atoms with Gasteiger partial charge in [-0.2, -0.15) is 0 Å². The number of hydrogen-bond donors (Lipinski definition) is 2.